The maximum absolute atomic E-state index is 5.92. The third kappa shape index (κ3) is 2.97. The van der Waals surface area contributed by atoms with Crippen LogP contribution in [0, 0.1) is 11.3 Å². The highest BCUT2D eigenvalue weighted by atomic mass is 15.2. The molecule has 1 aromatic rings. The Kier molecular flexibility index (Phi) is 3.56. The number of aromatic nitrogens is 2. The predicted molar refractivity (Wildman–Crippen MR) is 89.0 cm³/mol. The molecular weight excluding hydrogens is 276 g/mol. The molecule has 1 aliphatic carbocycles. The number of nitrogens with one attached hydrogen (secondary N) is 2. The summed E-state index contributed by atoms with van der Waals surface area (Å²) < 4.78 is 0. The van der Waals surface area contributed by atoms with Crippen molar-refractivity contribution in [2.24, 2.45) is 11.3 Å². The smallest absolute Gasteiger partial charge is 0.223 e. The van der Waals surface area contributed by atoms with Gasteiger partial charge in [0, 0.05) is 25.7 Å². The third-order valence-electron chi connectivity index (χ3n) is 5.43. The number of hydrogen-bond donors (Lipinski definition) is 3. The highest BCUT2D eigenvalue weighted by molar-refractivity contribution is 5.53. The van der Waals surface area contributed by atoms with E-state index in [1.165, 1.54) is 32.1 Å². The molecular formula is C16H26N6. The Morgan fingerprint density at radius 3 is 2.86 bits per heavy atom. The van der Waals surface area contributed by atoms with E-state index in [0.29, 0.717) is 11.4 Å². The van der Waals surface area contributed by atoms with E-state index in [9.17, 15) is 0 Å². The monoisotopic (exact) mass is 302 g/mol. The van der Waals surface area contributed by atoms with E-state index in [1.807, 2.05) is 0 Å². The molecule has 3 aliphatic rings. The molecule has 120 valence electrons. The topological polar surface area (TPSA) is 79.1 Å². The van der Waals surface area contributed by atoms with Crippen LogP contribution in [0.15, 0.2) is 6.07 Å². The average molecular weight is 302 g/mol. The molecule has 0 unspecified atom stereocenters. The molecule has 22 heavy (non-hydrogen) atoms. The number of piperidine rings is 1. The first-order valence-corrected chi connectivity index (χ1v) is 8.57. The van der Waals surface area contributed by atoms with E-state index < -0.39 is 0 Å². The lowest BCUT2D eigenvalue weighted by Crippen LogP contribution is -2.38. The van der Waals surface area contributed by atoms with Crippen molar-refractivity contribution in [3.63, 3.8) is 0 Å². The lowest BCUT2D eigenvalue weighted by atomic mass is 9.78. The predicted octanol–water partition coefficient (Wildman–Crippen LogP) is 1.46. The number of hydrogen-bond acceptors (Lipinski definition) is 6. The zero-order valence-electron chi connectivity index (χ0n) is 13.1. The Morgan fingerprint density at radius 2 is 2.09 bits per heavy atom. The summed E-state index contributed by atoms with van der Waals surface area (Å²) in [7, 11) is 0. The van der Waals surface area contributed by atoms with Crippen LogP contribution in [-0.2, 0) is 0 Å². The molecule has 2 aliphatic heterocycles. The molecule has 1 aromatic heterocycles. The van der Waals surface area contributed by atoms with Gasteiger partial charge in [-0.15, -0.1) is 0 Å². The SMILES string of the molecule is Nc1nc(NCC2CC2)cc(N2CCC3(CCNCC3)C2)n1. The molecule has 4 rings (SSSR count). The van der Waals surface area contributed by atoms with Gasteiger partial charge in [0.25, 0.3) is 0 Å². The highest BCUT2D eigenvalue weighted by Gasteiger charge is 2.39. The van der Waals surface area contributed by atoms with Crippen molar-refractivity contribution in [2.45, 2.75) is 32.1 Å². The van der Waals surface area contributed by atoms with Gasteiger partial charge in [-0.05, 0) is 56.5 Å². The summed E-state index contributed by atoms with van der Waals surface area (Å²) in [6.07, 6.45) is 6.49. The van der Waals surface area contributed by atoms with Crippen LogP contribution >= 0.6 is 0 Å². The Balaban J connectivity index is 1.47. The van der Waals surface area contributed by atoms with Crippen molar-refractivity contribution >= 4 is 17.6 Å². The lowest BCUT2D eigenvalue weighted by molar-refractivity contribution is 0.232. The van der Waals surface area contributed by atoms with Gasteiger partial charge in [-0.3, -0.25) is 0 Å². The quantitative estimate of drug-likeness (QED) is 0.781. The Hall–Kier alpha value is -1.56. The molecule has 1 saturated carbocycles. The fourth-order valence-corrected chi connectivity index (χ4v) is 3.77. The second-order valence-corrected chi connectivity index (χ2v) is 7.22. The number of anilines is 3. The number of nitrogens with two attached hydrogens (primary N) is 1. The molecule has 0 amide bonds. The van der Waals surface area contributed by atoms with Crippen LogP contribution in [-0.4, -0.2) is 42.7 Å². The van der Waals surface area contributed by atoms with E-state index in [0.717, 1.165) is 50.3 Å². The van der Waals surface area contributed by atoms with Gasteiger partial charge < -0.3 is 21.3 Å². The highest BCUT2D eigenvalue weighted by Crippen LogP contribution is 2.40. The van der Waals surface area contributed by atoms with Gasteiger partial charge in [-0.1, -0.05) is 0 Å². The summed E-state index contributed by atoms with van der Waals surface area (Å²) in [5.41, 5.74) is 6.40. The van der Waals surface area contributed by atoms with Crippen molar-refractivity contribution in [1.82, 2.24) is 15.3 Å². The summed E-state index contributed by atoms with van der Waals surface area (Å²) in [6, 6.07) is 2.07. The van der Waals surface area contributed by atoms with Crippen LogP contribution in [0.4, 0.5) is 17.6 Å². The minimum Gasteiger partial charge on any atom is -0.370 e. The van der Waals surface area contributed by atoms with Crippen LogP contribution in [0.2, 0.25) is 0 Å². The van der Waals surface area contributed by atoms with Crippen LogP contribution in [0.25, 0.3) is 0 Å². The van der Waals surface area contributed by atoms with Gasteiger partial charge in [0.2, 0.25) is 5.95 Å². The molecule has 6 nitrogen and oxygen atoms in total. The van der Waals surface area contributed by atoms with Gasteiger partial charge >= 0.3 is 0 Å². The second kappa shape index (κ2) is 5.57. The third-order valence-corrected chi connectivity index (χ3v) is 5.43. The molecule has 4 N–H and O–H groups in total. The average Bonchev–Trinajstić information content (AvgIpc) is 3.27. The first-order valence-electron chi connectivity index (χ1n) is 8.57. The Bertz CT molecular complexity index is 535. The number of nitrogen functional groups attached to an aromatic ring is 1. The molecule has 0 aromatic carbocycles. The number of nitrogens with zero attached hydrogens (tertiary/aromatic N) is 3. The summed E-state index contributed by atoms with van der Waals surface area (Å²) in [6.45, 7) is 5.49. The zero-order chi connectivity index (χ0) is 15.0. The van der Waals surface area contributed by atoms with Crippen LogP contribution in [0.3, 0.4) is 0 Å². The summed E-state index contributed by atoms with van der Waals surface area (Å²) in [5.74, 6) is 3.06. The van der Waals surface area contributed by atoms with E-state index in [1.54, 1.807) is 0 Å². The maximum atomic E-state index is 5.92. The van der Waals surface area contributed by atoms with E-state index in [-0.39, 0.29) is 0 Å². The largest absolute Gasteiger partial charge is 0.370 e. The Morgan fingerprint density at radius 1 is 1.27 bits per heavy atom. The van der Waals surface area contributed by atoms with E-state index in [4.69, 9.17) is 5.73 Å². The van der Waals surface area contributed by atoms with Gasteiger partial charge in [0.05, 0.1) is 0 Å². The van der Waals surface area contributed by atoms with Crippen molar-refractivity contribution in [2.75, 3.05) is 48.7 Å². The molecule has 6 heteroatoms. The van der Waals surface area contributed by atoms with Gasteiger partial charge in [-0.2, -0.15) is 9.97 Å². The van der Waals surface area contributed by atoms with Crippen molar-refractivity contribution < 1.29 is 0 Å². The molecule has 1 spiro atoms. The molecule has 3 heterocycles. The fraction of sp³-hybridized carbons (Fsp3) is 0.750. The molecule has 3 fully saturated rings. The normalized spacial score (nSPS) is 23.9. The van der Waals surface area contributed by atoms with Gasteiger partial charge in [0.1, 0.15) is 11.6 Å². The Labute approximate surface area is 131 Å². The summed E-state index contributed by atoms with van der Waals surface area (Å²) >= 11 is 0. The first-order chi connectivity index (χ1) is 10.7. The minimum absolute atomic E-state index is 0.377. The molecule has 2 saturated heterocycles. The fourth-order valence-electron chi connectivity index (χ4n) is 3.77. The molecule has 0 atom stereocenters. The van der Waals surface area contributed by atoms with Gasteiger partial charge in [0.15, 0.2) is 0 Å². The van der Waals surface area contributed by atoms with Gasteiger partial charge in [-0.25, -0.2) is 0 Å². The summed E-state index contributed by atoms with van der Waals surface area (Å²) in [5, 5.41) is 6.88. The van der Waals surface area contributed by atoms with Crippen molar-refractivity contribution in [3.8, 4) is 0 Å². The van der Waals surface area contributed by atoms with Crippen molar-refractivity contribution in [1.29, 1.82) is 0 Å². The van der Waals surface area contributed by atoms with Crippen LogP contribution < -0.4 is 21.3 Å². The molecule has 0 bridgehead atoms. The standard InChI is InChI=1S/C16H26N6/c17-15-20-13(19-10-12-1-2-12)9-14(21-15)22-8-5-16(11-22)3-6-18-7-4-16/h9,12,18H,1-8,10-11H2,(H3,17,19,20,21). The van der Waals surface area contributed by atoms with Crippen LogP contribution in [0.1, 0.15) is 32.1 Å². The zero-order valence-corrected chi connectivity index (χ0v) is 13.1. The van der Waals surface area contributed by atoms with Crippen molar-refractivity contribution in [3.05, 3.63) is 6.07 Å². The maximum Gasteiger partial charge on any atom is 0.223 e. The molecule has 0 radical (unpaired) electrons. The lowest BCUT2D eigenvalue weighted by Gasteiger charge is -2.33. The second-order valence-electron chi connectivity index (χ2n) is 7.22. The first kappa shape index (κ1) is 14.1. The van der Waals surface area contributed by atoms with Crippen LogP contribution in [0.5, 0.6) is 0 Å². The van der Waals surface area contributed by atoms with E-state index in [2.05, 4.69) is 31.6 Å². The number of rotatable bonds is 4. The minimum atomic E-state index is 0.377. The summed E-state index contributed by atoms with van der Waals surface area (Å²) in [4.78, 5) is 11.2. The van der Waals surface area contributed by atoms with E-state index >= 15 is 0 Å².